The number of benzene rings is 1. The number of ether oxygens (including phenoxy) is 1. The summed E-state index contributed by atoms with van der Waals surface area (Å²) >= 11 is 7.25. The van der Waals surface area contributed by atoms with E-state index in [1.165, 1.54) is 11.3 Å². The molecule has 1 aromatic heterocycles. The predicted molar refractivity (Wildman–Crippen MR) is 106 cm³/mol. The lowest BCUT2D eigenvalue weighted by molar-refractivity contribution is 0.122. The molecule has 0 amide bonds. The van der Waals surface area contributed by atoms with Gasteiger partial charge in [-0.3, -0.25) is 0 Å². The van der Waals surface area contributed by atoms with Crippen molar-refractivity contribution in [2.45, 2.75) is 30.5 Å². The van der Waals surface area contributed by atoms with Crippen LogP contribution in [-0.2, 0) is 21.1 Å². The molecule has 6 nitrogen and oxygen atoms in total. The van der Waals surface area contributed by atoms with Crippen LogP contribution in [0.1, 0.15) is 18.7 Å². The SMILES string of the molecule is CC(C)S(=O)(=O)c1ccc(N2CCOCC2)cc1NCc1cnc(Cl)s1. The lowest BCUT2D eigenvalue weighted by Crippen LogP contribution is -2.36. The largest absolute Gasteiger partial charge is 0.379 e. The van der Waals surface area contributed by atoms with Crippen LogP contribution >= 0.6 is 22.9 Å². The Labute approximate surface area is 163 Å². The van der Waals surface area contributed by atoms with Gasteiger partial charge in [0, 0.05) is 29.9 Å². The molecule has 0 unspecified atom stereocenters. The summed E-state index contributed by atoms with van der Waals surface area (Å²) < 4.78 is 31.4. The molecule has 2 aromatic rings. The first-order valence-electron chi connectivity index (χ1n) is 8.42. The molecule has 1 fully saturated rings. The van der Waals surface area contributed by atoms with E-state index in [2.05, 4.69) is 15.2 Å². The fourth-order valence-electron chi connectivity index (χ4n) is 2.72. The number of hydrogen-bond acceptors (Lipinski definition) is 7. The molecule has 2 heterocycles. The number of nitrogens with zero attached hydrogens (tertiary/aromatic N) is 2. The van der Waals surface area contributed by atoms with Crippen LogP contribution in [0.2, 0.25) is 4.47 Å². The standard InChI is InChI=1S/C17H22ClN3O3S2/c1-12(2)26(22,23)16-4-3-13(21-5-7-24-8-6-21)9-15(16)19-10-14-11-20-17(18)25-14/h3-4,9,11-12,19H,5-8,10H2,1-2H3. The molecular weight excluding hydrogens is 394 g/mol. The van der Waals surface area contributed by atoms with Crippen molar-refractivity contribution in [3.63, 3.8) is 0 Å². The molecule has 0 radical (unpaired) electrons. The highest BCUT2D eigenvalue weighted by Gasteiger charge is 2.24. The highest BCUT2D eigenvalue weighted by molar-refractivity contribution is 7.92. The van der Waals surface area contributed by atoms with E-state index >= 15 is 0 Å². The number of hydrogen-bond donors (Lipinski definition) is 1. The Hall–Kier alpha value is -1.35. The first-order chi connectivity index (χ1) is 12.4. The molecule has 1 aliphatic heterocycles. The van der Waals surface area contributed by atoms with Gasteiger partial charge in [-0.25, -0.2) is 13.4 Å². The molecular formula is C17H22ClN3O3S2. The van der Waals surface area contributed by atoms with Gasteiger partial charge in [0.25, 0.3) is 0 Å². The predicted octanol–water partition coefficient (Wildman–Crippen LogP) is 3.43. The quantitative estimate of drug-likeness (QED) is 0.779. The van der Waals surface area contributed by atoms with Crippen LogP contribution in [0.5, 0.6) is 0 Å². The van der Waals surface area contributed by atoms with Gasteiger partial charge in [-0.1, -0.05) is 11.6 Å². The normalized spacial score (nSPS) is 15.5. The van der Waals surface area contributed by atoms with Gasteiger partial charge in [0.05, 0.1) is 35.6 Å². The van der Waals surface area contributed by atoms with E-state index < -0.39 is 15.1 Å². The Bertz CT molecular complexity index is 862. The van der Waals surface area contributed by atoms with Crippen molar-refractivity contribution in [1.29, 1.82) is 0 Å². The Morgan fingerprint density at radius 1 is 1.35 bits per heavy atom. The maximum atomic E-state index is 12.8. The van der Waals surface area contributed by atoms with Crippen LogP contribution in [0.15, 0.2) is 29.3 Å². The molecule has 0 aliphatic carbocycles. The fourth-order valence-corrected chi connectivity index (χ4v) is 4.84. The zero-order chi connectivity index (χ0) is 18.7. The topological polar surface area (TPSA) is 71.5 Å². The Morgan fingerprint density at radius 3 is 2.69 bits per heavy atom. The molecule has 0 bridgehead atoms. The monoisotopic (exact) mass is 415 g/mol. The molecule has 0 spiro atoms. The fraction of sp³-hybridized carbons (Fsp3) is 0.471. The number of morpholine rings is 1. The van der Waals surface area contributed by atoms with E-state index in [-0.39, 0.29) is 0 Å². The molecule has 9 heteroatoms. The first-order valence-corrected chi connectivity index (χ1v) is 11.2. The van der Waals surface area contributed by atoms with Crippen molar-refractivity contribution in [3.8, 4) is 0 Å². The molecule has 1 aromatic carbocycles. The van der Waals surface area contributed by atoms with Gasteiger partial charge < -0.3 is 15.0 Å². The average molecular weight is 416 g/mol. The average Bonchev–Trinajstić information content (AvgIpc) is 3.05. The Balaban J connectivity index is 1.92. The van der Waals surface area contributed by atoms with E-state index in [0.717, 1.165) is 23.7 Å². The van der Waals surface area contributed by atoms with Crippen LogP contribution in [0.3, 0.4) is 0 Å². The minimum absolute atomic E-state index is 0.320. The molecule has 3 rings (SSSR count). The third kappa shape index (κ3) is 4.31. The number of halogens is 1. The molecule has 1 aliphatic rings. The minimum Gasteiger partial charge on any atom is -0.379 e. The van der Waals surface area contributed by atoms with Crippen molar-refractivity contribution in [2.24, 2.45) is 0 Å². The maximum absolute atomic E-state index is 12.8. The lowest BCUT2D eigenvalue weighted by Gasteiger charge is -2.29. The van der Waals surface area contributed by atoms with Gasteiger partial charge in [0.15, 0.2) is 14.3 Å². The number of sulfone groups is 1. The van der Waals surface area contributed by atoms with E-state index in [4.69, 9.17) is 16.3 Å². The van der Waals surface area contributed by atoms with Crippen LogP contribution in [-0.4, -0.2) is 45.0 Å². The van der Waals surface area contributed by atoms with Gasteiger partial charge in [-0.15, -0.1) is 11.3 Å². The van der Waals surface area contributed by atoms with Crippen LogP contribution in [0.4, 0.5) is 11.4 Å². The van der Waals surface area contributed by atoms with Crippen molar-refractivity contribution in [2.75, 3.05) is 36.5 Å². The first kappa shape index (κ1) is 19.4. The molecule has 142 valence electrons. The lowest BCUT2D eigenvalue weighted by atomic mass is 10.2. The second-order valence-electron chi connectivity index (χ2n) is 6.31. The van der Waals surface area contributed by atoms with Crippen LogP contribution < -0.4 is 10.2 Å². The maximum Gasteiger partial charge on any atom is 0.183 e. The zero-order valence-electron chi connectivity index (χ0n) is 14.7. The molecule has 0 saturated carbocycles. The van der Waals surface area contributed by atoms with Crippen LogP contribution in [0.25, 0.3) is 0 Å². The summed E-state index contributed by atoms with van der Waals surface area (Å²) in [5.74, 6) is 0. The summed E-state index contributed by atoms with van der Waals surface area (Å²) in [4.78, 5) is 7.49. The van der Waals surface area contributed by atoms with E-state index in [1.807, 2.05) is 12.1 Å². The Kier molecular flexibility index (Phi) is 6.06. The minimum atomic E-state index is -3.40. The molecule has 1 saturated heterocycles. The highest BCUT2D eigenvalue weighted by Crippen LogP contribution is 2.31. The summed E-state index contributed by atoms with van der Waals surface area (Å²) in [7, 11) is -3.40. The summed E-state index contributed by atoms with van der Waals surface area (Å²) in [5, 5.41) is 2.77. The second kappa shape index (κ2) is 8.12. The number of aromatic nitrogens is 1. The molecule has 1 N–H and O–H groups in total. The molecule has 26 heavy (non-hydrogen) atoms. The van der Waals surface area contributed by atoms with Crippen molar-refractivity contribution < 1.29 is 13.2 Å². The number of anilines is 2. The van der Waals surface area contributed by atoms with Gasteiger partial charge in [0.1, 0.15) is 0 Å². The number of thiazole rings is 1. The van der Waals surface area contributed by atoms with Gasteiger partial charge in [-0.05, 0) is 32.0 Å². The third-order valence-electron chi connectivity index (χ3n) is 4.24. The van der Waals surface area contributed by atoms with Crippen molar-refractivity contribution in [1.82, 2.24) is 4.98 Å². The Morgan fingerprint density at radius 2 is 2.08 bits per heavy atom. The van der Waals surface area contributed by atoms with Gasteiger partial charge >= 0.3 is 0 Å². The summed E-state index contributed by atoms with van der Waals surface area (Å²) in [6.45, 7) is 6.79. The van der Waals surface area contributed by atoms with Crippen LogP contribution in [0, 0.1) is 0 Å². The van der Waals surface area contributed by atoms with E-state index in [9.17, 15) is 8.42 Å². The summed E-state index contributed by atoms with van der Waals surface area (Å²) in [5.41, 5.74) is 1.59. The van der Waals surface area contributed by atoms with E-state index in [0.29, 0.717) is 34.8 Å². The van der Waals surface area contributed by atoms with Crippen molar-refractivity contribution in [3.05, 3.63) is 33.7 Å². The number of rotatable bonds is 6. The van der Waals surface area contributed by atoms with E-state index in [1.54, 1.807) is 26.1 Å². The summed E-state index contributed by atoms with van der Waals surface area (Å²) in [6, 6.07) is 5.47. The zero-order valence-corrected chi connectivity index (χ0v) is 17.1. The summed E-state index contributed by atoms with van der Waals surface area (Å²) in [6.07, 6.45) is 1.70. The smallest absolute Gasteiger partial charge is 0.183 e. The number of nitrogens with one attached hydrogen (secondary N) is 1. The van der Waals surface area contributed by atoms with Gasteiger partial charge in [0.2, 0.25) is 0 Å². The molecule has 0 atom stereocenters. The van der Waals surface area contributed by atoms with Gasteiger partial charge in [-0.2, -0.15) is 0 Å². The van der Waals surface area contributed by atoms with Crippen molar-refractivity contribution >= 4 is 44.1 Å². The highest BCUT2D eigenvalue weighted by atomic mass is 35.5. The second-order valence-corrected chi connectivity index (χ2v) is 10.5. The third-order valence-corrected chi connectivity index (χ3v) is 7.57.